The molecule has 3 rings (SSSR count). The Hall–Kier alpha value is -2.37. The molecule has 1 amide bonds. The van der Waals surface area contributed by atoms with Crippen LogP contribution >= 0.6 is 0 Å². The lowest BCUT2D eigenvalue weighted by molar-refractivity contribution is -0.131. The third-order valence-corrected chi connectivity index (χ3v) is 5.36. The first-order chi connectivity index (χ1) is 13.0. The maximum absolute atomic E-state index is 13.1. The van der Waals surface area contributed by atoms with Crippen LogP contribution in [0, 0.1) is 0 Å². The average molecular weight is 368 g/mol. The van der Waals surface area contributed by atoms with Crippen LogP contribution in [0.15, 0.2) is 54.6 Å². The van der Waals surface area contributed by atoms with Crippen molar-refractivity contribution in [3.63, 3.8) is 0 Å². The number of anilines is 1. The van der Waals surface area contributed by atoms with Crippen molar-refractivity contribution in [1.82, 2.24) is 5.32 Å². The Balaban J connectivity index is 1.69. The number of carbonyl (C=O) groups excluding carboxylic acids is 1. The van der Waals surface area contributed by atoms with Gasteiger partial charge in [-0.05, 0) is 36.1 Å². The maximum Gasteiger partial charge on any atom is 0.230 e. The number of nitrogens with one attached hydrogen (secondary N) is 1. The van der Waals surface area contributed by atoms with Gasteiger partial charge in [0, 0.05) is 39.5 Å². The highest BCUT2D eigenvalue weighted by Crippen LogP contribution is 2.35. The summed E-state index contributed by atoms with van der Waals surface area (Å²) in [5, 5.41) is 13.5. The monoisotopic (exact) mass is 368 g/mol. The summed E-state index contributed by atoms with van der Waals surface area (Å²) in [6.07, 6.45) is 0.560. The molecule has 0 aliphatic carbocycles. The molecule has 5 heteroatoms. The maximum atomic E-state index is 13.1. The SMILES string of the molecule is CN(C)c1ccc(C(O)CNC(=O)C2(c3ccccc3)CCOCC2)cc1. The number of aliphatic hydroxyl groups is 1. The van der Waals surface area contributed by atoms with E-state index in [1.807, 2.05) is 73.6 Å². The fraction of sp³-hybridized carbons (Fsp3) is 0.409. The van der Waals surface area contributed by atoms with Crippen LogP contribution in [0.3, 0.4) is 0 Å². The van der Waals surface area contributed by atoms with E-state index in [2.05, 4.69) is 5.32 Å². The van der Waals surface area contributed by atoms with Crippen LogP contribution in [0.2, 0.25) is 0 Å². The number of nitrogens with zero attached hydrogens (tertiary/aromatic N) is 1. The van der Waals surface area contributed by atoms with Crippen molar-refractivity contribution in [2.24, 2.45) is 0 Å². The molecule has 1 aliphatic rings. The Morgan fingerprint density at radius 1 is 1.11 bits per heavy atom. The molecule has 0 saturated carbocycles. The van der Waals surface area contributed by atoms with E-state index in [4.69, 9.17) is 4.74 Å². The Labute approximate surface area is 161 Å². The highest BCUT2D eigenvalue weighted by atomic mass is 16.5. The third-order valence-electron chi connectivity index (χ3n) is 5.36. The zero-order valence-corrected chi connectivity index (χ0v) is 16.0. The quantitative estimate of drug-likeness (QED) is 0.823. The number of carbonyl (C=O) groups is 1. The summed E-state index contributed by atoms with van der Waals surface area (Å²) in [4.78, 5) is 15.1. The van der Waals surface area contributed by atoms with E-state index in [-0.39, 0.29) is 12.5 Å². The molecular formula is C22H28N2O3. The van der Waals surface area contributed by atoms with Crippen LogP contribution in [0.5, 0.6) is 0 Å². The molecule has 1 unspecified atom stereocenters. The van der Waals surface area contributed by atoms with E-state index in [9.17, 15) is 9.90 Å². The molecule has 1 aliphatic heterocycles. The minimum absolute atomic E-state index is 0.0408. The smallest absolute Gasteiger partial charge is 0.230 e. The summed E-state index contributed by atoms with van der Waals surface area (Å²) in [6.45, 7) is 1.32. The Morgan fingerprint density at radius 3 is 2.33 bits per heavy atom. The normalized spacial score (nSPS) is 17.1. The van der Waals surface area contributed by atoms with Crippen molar-refractivity contribution < 1.29 is 14.6 Å². The Morgan fingerprint density at radius 2 is 1.74 bits per heavy atom. The fourth-order valence-corrected chi connectivity index (χ4v) is 3.59. The van der Waals surface area contributed by atoms with Crippen LogP contribution in [0.1, 0.15) is 30.1 Å². The molecule has 0 radical (unpaired) electrons. The number of benzene rings is 2. The summed E-state index contributed by atoms with van der Waals surface area (Å²) in [7, 11) is 3.95. The van der Waals surface area contributed by atoms with Crippen LogP contribution in [-0.4, -0.2) is 44.9 Å². The zero-order valence-electron chi connectivity index (χ0n) is 16.0. The van der Waals surface area contributed by atoms with Crippen molar-refractivity contribution in [3.8, 4) is 0 Å². The molecule has 0 spiro atoms. The summed E-state index contributed by atoms with van der Waals surface area (Å²) in [5.41, 5.74) is 2.28. The fourth-order valence-electron chi connectivity index (χ4n) is 3.59. The summed E-state index contributed by atoms with van der Waals surface area (Å²) in [5.74, 6) is -0.0408. The predicted molar refractivity (Wildman–Crippen MR) is 107 cm³/mol. The van der Waals surface area contributed by atoms with Gasteiger partial charge in [-0.25, -0.2) is 0 Å². The van der Waals surface area contributed by atoms with Gasteiger partial charge < -0.3 is 20.1 Å². The van der Waals surface area contributed by atoms with E-state index in [0.717, 1.165) is 16.8 Å². The molecule has 5 nitrogen and oxygen atoms in total. The molecule has 2 N–H and O–H groups in total. The van der Waals surface area contributed by atoms with Gasteiger partial charge in [0.2, 0.25) is 5.91 Å². The Kier molecular flexibility index (Phi) is 6.14. The molecule has 2 aromatic rings. The van der Waals surface area contributed by atoms with Crippen LogP contribution in [0.4, 0.5) is 5.69 Å². The van der Waals surface area contributed by atoms with Gasteiger partial charge in [-0.1, -0.05) is 42.5 Å². The Bertz CT molecular complexity index is 738. The number of amides is 1. The van der Waals surface area contributed by atoms with Gasteiger partial charge in [0.25, 0.3) is 0 Å². The minimum Gasteiger partial charge on any atom is -0.387 e. The van der Waals surface area contributed by atoms with Crippen molar-refractivity contribution in [2.45, 2.75) is 24.4 Å². The molecule has 27 heavy (non-hydrogen) atoms. The van der Waals surface area contributed by atoms with Crippen molar-refractivity contribution >= 4 is 11.6 Å². The van der Waals surface area contributed by atoms with Gasteiger partial charge in [0.15, 0.2) is 0 Å². The molecule has 0 bridgehead atoms. The predicted octanol–water partition coefficient (Wildman–Crippen LogP) is 2.65. The van der Waals surface area contributed by atoms with E-state index in [1.54, 1.807) is 0 Å². The lowest BCUT2D eigenvalue weighted by Gasteiger charge is -2.36. The number of hydrogen-bond acceptors (Lipinski definition) is 4. The highest BCUT2D eigenvalue weighted by Gasteiger charge is 2.41. The minimum atomic E-state index is -0.738. The second-order valence-electron chi connectivity index (χ2n) is 7.27. The second kappa shape index (κ2) is 8.55. The topological polar surface area (TPSA) is 61.8 Å². The largest absolute Gasteiger partial charge is 0.387 e. The summed E-state index contributed by atoms with van der Waals surface area (Å²) < 4.78 is 5.49. The molecule has 1 heterocycles. The van der Waals surface area contributed by atoms with Gasteiger partial charge in [0.1, 0.15) is 0 Å². The molecular weight excluding hydrogens is 340 g/mol. The van der Waals surface area contributed by atoms with Crippen molar-refractivity contribution in [3.05, 3.63) is 65.7 Å². The van der Waals surface area contributed by atoms with Gasteiger partial charge >= 0.3 is 0 Å². The molecule has 1 saturated heterocycles. The van der Waals surface area contributed by atoms with E-state index in [0.29, 0.717) is 26.1 Å². The van der Waals surface area contributed by atoms with Gasteiger partial charge in [-0.15, -0.1) is 0 Å². The van der Waals surface area contributed by atoms with E-state index in [1.165, 1.54) is 0 Å². The molecule has 144 valence electrons. The van der Waals surface area contributed by atoms with Crippen LogP contribution in [-0.2, 0) is 14.9 Å². The number of ether oxygens (including phenoxy) is 1. The van der Waals surface area contributed by atoms with Crippen LogP contribution < -0.4 is 10.2 Å². The lowest BCUT2D eigenvalue weighted by Crippen LogP contribution is -2.48. The highest BCUT2D eigenvalue weighted by molar-refractivity contribution is 5.88. The average Bonchev–Trinajstić information content (AvgIpc) is 2.73. The lowest BCUT2D eigenvalue weighted by atomic mass is 9.73. The van der Waals surface area contributed by atoms with Gasteiger partial charge in [0.05, 0.1) is 11.5 Å². The molecule has 1 fully saturated rings. The number of rotatable bonds is 6. The first-order valence-corrected chi connectivity index (χ1v) is 9.40. The molecule has 1 atom stereocenters. The first-order valence-electron chi connectivity index (χ1n) is 9.40. The van der Waals surface area contributed by atoms with Crippen molar-refractivity contribution in [2.75, 3.05) is 38.8 Å². The standard InChI is InChI=1S/C22H28N2O3/c1-24(2)19-10-8-17(9-11-19)20(25)16-23-21(26)22(12-14-27-15-13-22)18-6-4-3-5-7-18/h3-11,20,25H,12-16H2,1-2H3,(H,23,26). The van der Waals surface area contributed by atoms with Crippen LogP contribution in [0.25, 0.3) is 0 Å². The van der Waals surface area contributed by atoms with Crippen molar-refractivity contribution in [1.29, 1.82) is 0 Å². The van der Waals surface area contributed by atoms with E-state index >= 15 is 0 Å². The first kappa shape index (κ1) is 19.4. The van der Waals surface area contributed by atoms with Gasteiger partial charge in [-0.2, -0.15) is 0 Å². The summed E-state index contributed by atoms with van der Waals surface area (Å²) in [6, 6.07) is 17.6. The number of hydrogen-bond donors (Lipinski definition) is 2. The number of aliphatic hydroxyl groups excluding tert-OH is 1. The second-order valence-corrected chi connectivity index (χ2v) is 7.27. The molecule has 0 aromatic heterocycles. The zero-order chi connectivity index (χ0) is 19.3. The third kappa shape index (κ3) is 4.31. The van der Waals surface area contributed by atoms with Gasteiger partial charge in [-0.3, -0.25) is 4.79 Å². The molecule has 2 aromatic carbocycles. The van der Waals surface area contributed by atoms with E-state index < -0.39 is 11.5 Å². The summed E-state index contributed by atoms with van der Waals surface area (Å²) >= 11 is 0.